The standard InChI is InChI=1S/C29H42N4O5S/c1-19-25(39-18-31-19)20-11-13-21(14-12-20)32(5)27(37)23-16-22(34)17-33(23)28(38)26(29(2,3)4)30-15-9-7-6-8-10-24(35)36/h11-14,18,22-23,26,30,34H,6-10,15-17H2,1-5H3,(H,35,36)/t22-,23+,26-/m1/s1. The molecule has 9 nitrogen and oxygen atoms in total. The Morgan fingerprint density at radius 2 is 1.82 bits per heavy atom. The number of amides is 2. The molecule has 3 atom stereocenters. The molecular weight excluding hydrogens is 516 g/mol. The van der Waals surface area contributed by atoms with Gasteiger partial charge in [-0.3, -0.25) is 14.4 Å². The van der Waals surface area contributed by atoms with Crippen LogP contribution in [0.1, 0.15) is 65.0 Å². The van der Waals surface area contributed by atoms with Gasteiger partial charge < -0.3 is 25.3 Å². The highest BCUT2D eigenvalue weighted by atomic mass is 32.1. The number of thiazole rings is 1. The Hall–Kier alpha value is -2.82. The van der Waals surface area contributed by atoms with Gasteiger partial charge in [-0.15, -0.1) is 11.3 Å². The summed E-state index contributed by atoms with van der Waals surface area (Å²) in [5.74, 6) is -1.20. The minimum atomic E-state index is -0.780. The van der Waals surface area contributed by atoms with Crippen molar-refractivity contribution in [1.29, 1.82) is 0 Å². The van der Waals surface area contributed by atoms with E-state index in [1.807, 2.05) is 57.5 Å². The number of carbonyl (C=O) groups excluding carboxylic acids is 2. The number of aliphatic hydroxyl groups is 1. The number of unbranched alkanes of at least 4 members (excludes halogenated alkanes) is 3. The number of nitrogens with zero attached hydrogens (tertiary/aromatic N) is 3. The van der Waals surface area contributed by atoms with Gasteiger partial charge in [0, 0.05) is 32.1 Å². The lowest BCUT2D eigenvalue weighted by atomic mass is 9.85. The topological polar surface area (TPSA) is 123 Å². The lowest BCUT2D eigenvalue weighted by molar-refractivity contribution is -0.141. The van der Waals surface area contributed by atoms with E-state index >= 15 is 0 Å². The van der Waals surface area contributed by atoms with Crippen molar-refractivity contribution in [1.82, 2.24) is 15.2 Å². The van der Waals surface area contributed by atoms with Crippen molar-refractivity contribution in [3.8, 4) is 10.4 Å². The summed E-state index contributed by atoms with van der Waals surface area (Å²) >= 11 is 1.57. The normalized spacial score (nSPS) is 18.3. The number of likely N-dealkylation sites (N-methyl/N-ethyl adjacent to an activating group) is 1. The second kappa shape index (κ2) is 13.5. The average molecular weight is 559 g/mol. The highest BCUT2D eigenvalue weighted by Crippen LogP contribution is 2.31. The summed E-state index contributed by atoms with van der Waals surface area (Å²) < 4.78 is 0. The van der Waals surface area contributed by atoms with E-state index in [2.05, 4.69) is 10.3 Å². The van der Waals surface area contributed by atoms with Gasteiger partial charge in [0.2, 0.25) is 11.8 Å². The van der Waals surface area contributed by atoms with E-state index in [4.69, 9.17) is 5.11 Å². The van der Waals surface area contributed by atoms with Crippen LogP contribution >= 0.6 is 11.3 Å². The molecule has 214 valence electrons. The average Bonchev–Trinajstić information content (AvgIpc) is 3.49. The summed E-state index contributed by atoms with van der Waals surface area (Å²) in [4.78, 5) is 46.5. The zero-order chi connectivity index (χ0) is 28.7. The molecule has 1 aromatic heterocycles. The minimum Gasteiger partial charge on any atom is -0.481 e. The highest BCUT2D eigenvalue weighted by molar-refractivity contribution is 7.13. The number of rotatable bonds is 12. The van der Waals surface area contributed by atoms with Crippen molar-refractivity contribution in [2.24, 2.45) is 5.41 Å². The third-order valence-corrected chi connectivity index (χ3v) is 8.20. The van der Waals surface area contributed by atoms with Crippen LogP contribution in [0.3, 0.4) is 0 Å². The van der Waals surface area contributed by atoms with Gasteiger partial charge in [-0.1, -0.05) is 45.7 Å². The summed E-state index contributed by atoms with van der Waals surface area (Å²) in [6.07, 6.45) is 2.79. The van der Waals surface area contributed by atoms with Crippen LogP contribution in [0.15, 0.2) is 29.8 Å². The first kappa shape index (κ1) is 30.7. The number of carboxylic acids is 1. The third kappa shape index (κ3) is 8.09. The molecule has 0 radical (unpaired) electrons. The number of aliphatic carboxylic acids is 1. The molecule has 3 rings (SSSR count). The number of hydrogen-bond acceptors (Lipinski definition) is 7. The number of carbonyl (C=O) groups is 3. The molecule has 1 aliphatic heterocycles. The molecule has 1 fully saturated rings. The van der Waals surface area contributed by atoms with Gasteiger partial charge in [0.25, 0.3) is 0 Å². The van der Waals surface area contributed by atoms with E-state index in [0.29, 0.717) is 18.7 Å². The number of hydrogen-bond donors (Lipinski definition) is 3. The second-order valence-electron chi connectivity index (χ2n) is 11.4. The van der Waals surface area contributed by atoms with Gasteiger partial charge >= 0.3 is 5.97 Å². The first-order chi connectivity index (χ1) is 18.4. The molecule has 1 saturated heterocycles. The second-order valence-corrected chi connectivity index (χ2v) is 12.3. The Labute approximate surface area is 235 Å². The van der Waals surface area contributed by atoms with Crippen LogP contribution in [0, 0.1) is 12.3 Å². The van der Waals surface area contributed by atoms with Gasteiger partial charge in [0.1, 0.15) is 6.04 Å². The summed E-state index contributed by atoms with van der Waals surface area (Å²) in [7, 11) is 1.70. The number of nitrogens with one attached hydrogen (secondary N) is 1. The molecule has 10 heteroatoms. The Morgan fingerprint density at radius 1 is 1.15 bits per heavy atom. The summed E-state index contributed by atoms with van der Waals surface area (Å²) in [6, 6.07) is 6.44. The van der Waals surface area contributed by atoms with Gasteiger partial charge in [0.15, 0.2) is 0 Å². The van der Waals surface area contributed by atoms with Crippen molar-refractivity contribution >= 4 is 34.8 Å². The SMILES string of the molecule is Cc1ncsc1-c1ccc(N(C)C(=O)[C@@H]2C[C@@H](O)CN2C(=O)[C@@H](NCCCCCCC(=O)O)C(C)(C)C)cc1. The van der Waals surface area contributed by atoms with Crippen LogP contribution in [0.4, 0.5) is 5.69 Å². The molecule has 2 amide bonds. The van der Waals surface area contributed by atoms with Crippen molar-refractivity contribution in [3.05, 3.63) is 35.5 Å². The third-order valence-electron chi connectivity index (χ3n) is 7.22. The fourth-order valence-electron chi connectivity index (χ4n) is 4.99. The zero-order valence-electron chi connectivity index (χ0n) is 23.6. The first-order valence-electron chi connectivity index (χ1n) is 13.6. The minimum absolute atomic E-state index is 0.121. The van der Waals surface area contributed by atoms with Crippen LogP contribution in [0.2, 0.25) is 0 Å². The molecule has 0 bridgehead atoms. The van der Waals surface area contributed by atoms with Crippen molar-refractivity contribution in [2.45, 2.75) is 84.4 Å². The molecule has 0 saturated carbocycles. The summed E-state index contributed by atoms with van der Waals surface area (Å²) in [5, 5.41) is 22.6. The van der Waals surface area contributed by atoms with Crippen molar-refractivity contribution in [2.75, 3.05) is 25.0 Å². The fraction of sp³-hybridized carbons (Fsp3) is 0.586. The number of benzene rings is 1. The van der Waals surface area contributed by atoms with Crippen molar-refractivity contribution < 1.29 is 24.6 Å². The van der Waals surface area contributed by atoms with Gasteiger partial charge in [-0.05, 0) is 49.4 Å². The molecule has 2 heterocycles. The number of β-amino-alcohol motifs (C(OH)–C–C–N with tert-alkyl or cyclic N) is 1. The van der Waals surface area contributed by atoms with Crippen molar-refractivity contribution in [3.63, 3.8) is 0 Å². The van der Waals surface area contributed by atoms with Gasteiger partial charge in [0.05, 0.1) is 28.2 Å². The lowest BCUT2D eigenvalue weighted by Gasteiger charge is -2.36. The number of likely N-dealkylation sites (tertiary alicyclic amines) is 1. The maximum atomic E-state index is 13.8. The molecular formula is C29H42N4O5S. The lowest BCUT2D eigenvalue weighted by Crippen LogP contribution is -2.57. The summed E-state index contributed by atoms with van der Waals surface area (Å²) in [6.45, 7) is 8.65. The van der Waals surface area contributed by atoms with E-state index in [9.17, 15) is 19.5 Å². The Kier molecular flexibility index (Phi) is 10.6. The first-order valence-corrected chi connectivity index (χ1v) is 14.5. The number of aryl methyl sites for hydroxylation is 1. The fourth-order valence-corrected chi connectivity index (χ4v) is 5.80. The molecule has 1 aromatic carbocycles. The maximum Gasteiger partial charge on any atom is 0.303 e. The van der Waals surface area contributed by atoms with Gasteiger partial charge in [-0.2, -0.15) is 0 Å². The van der Waals surface area contributed by atoms with E-state index in [-0.39, 0.29) is 31.2 Å². The highest BCUT2D eigenvalue weighted by Gasteiger charge is 2.44. The van der Waals surface area contributed by atoms with E-state index in [0.717, 1.165) is 35.4 Å². The monoisotopic (exact) mass is 558 g/mol. The van der Waals surface area contributed by atoms with Crippen LogP contribution in [-0.2, 0) is 14.4 Å². The molecule has 3 N–H and O–H groups in total. The van der Waals surface area contributed by atoms with Crippen LogP contribution in [0.5, 0.6) is 0 Å². The Balaban J connectivity index is 1.66. The van der Waals surface area contributed by atoms with E-state index in [1.165, 1.54) is 4.90 Å². The largest absolute Gasteiger partial charge is 0.481 e. The molecule has 0 unspecified atom stereocenters. The molecule has 1 aliphatic rings. The summed E-state index contributed by atoms with van der Waals surface area (Å²) in [5.41, 5.74) is 4.12. The van der Waals surface area contributed by atoms with Crippen LogP contribution in [0.25, 0.3) is 10.4 Å². The van der Waals surface area contributed by atoms with E-state index < -0.39 is 29.6 Å². The molecule has 0 aliphatic carbocycles. The molecule has 39 heavy (non-hydrogen) atoms. The number of aromatic nitrogens is 1. The van der Waals surface area contributed by atoms with Crippen LogP contribution < -0.4 is 10.2 Å². The molecule has 2 aromatic rings. The maximum absolute atomic E-state index is 13.8. The predicted molar refractivity (Wildman–Crippen MR) is 154 cm³/mol. The number of aliphatic hydroxyl groups excluding tert-OH is 1. The van der Waals surface area contributed by atoms with Crippen LogP contribution in [-0.4, -0.2) is 76.2 Å². The number of carboxylic acid groups (broad SMARTS) is 1. The smallest absolute Gasteiger partial charge is 0.303 e. The quantitative estimate of drug-likeness (QED) is 0.336. The zero-order valence-corrected chi connectivity index (χ0v) is 24.5. The number of anilines is 1. The van der Waals surface area contributed by atoms with E-state index in [1.54, 1.807) is 23.3 Å². The predicted octanol–water partition coefficient (Wildman–Crippen LogP) is 4.08. The van der Waals surface area contributed by atoms with Gasteiger partial charge in [-0.25, -0.2) is 4.98 Å². The Morgan fingerprint density at radius 3 is 2.41 bits per heavy atom. The Bertz CT molecular complexity index is 1130. The molecule has 0 spiro atoms.